The van der Waals surface area contributed by atoms with Crippen LogP contribution in [0.5, 0.6) is 0 Å². The van der Waals surface area contributed by atoms with Gasteiger partial charge in [-0.1, -0.05) is 20.8 Å². The average molecular weight is 131 g/mol. The van der Waals surface area contributed by atoms with Crippen LogP contribution in [0, 0.1) is 5.41 Å². The van der Waals surface area contributed by atoms with Crippen molar-refractivity contribution in [3.05, 3.63) is 0 Å². The number of rotatable bonds is 2. The van der Waals surface area contributed by atoms with E-state index in [0.29, 0.717) is 5.41 Å². The molecule has 0 aromatic carbocycles. The van der Waals surface area contributed by atoms with Crippen LogP contribution < -0.4 is 5.90 Å². The summed E-state index contributed by atoms with van der Waals surface area (Å²) >= 11 is 0. The van der Waals surface area contributed by atoms with Gasteiger partial charge in [-0.3, -0.25) is 0 Å². The molecule has 0 saturated heterocycles. The lowest BCUT2D eigenvalue weighted by Gasteiger charge is -2.21. The standard InChI is InChI=1S/C7H17NO/c1-6(9-8)5-7(2,3)4/h6H,5,8H2,1-4H3/t6-/m1/s1. The second-order valence-corrected chi connectivity index (χ2v) is 3.71. The third-order valence-electron chi connectivity index (χ3n) is 1.13. The van der Waals surface area contributed by atoms with Gasteiger partial charge in [0, 0.05) is 0 Å². The predicted molar refractivity (Wildman–Crippen MR) is 38.8 cm³/mol. The summed E-state index contributed by atoms with van der Waals surface area (Å²) < 4.78 is 0. The Morgan fingerprint density at radius 1 is 1.44 bits per heavy atom. The highest BCUT2D eigenvalue weighted by atomic mass is 16.6. The number of hydrogen-bond donors (Lipinski definition) is 1. The van der Waals surface area contributed by atoms with Gasteiger partial charge in [-0.2, -0.15) is 0 Å². The lowest BCUT2D eigenvalue weighted by molar-refractivity contribution is 0.0379. The minimum Gasteiger partial charge on any atom is -0.302 e. The molecule has 9 heavy (non-hydrogen) atoms. The van der Waals surface area contributed by atoms with Gasteiger partial charge in [-0.25, -0.2) is 5.90 Å². The Labute approximate surface area is 57.3 Å². The van der Waals surface area contributed by atoms with Gasteiger partial charge in [0.25, 0.3) is 0 Å². The lowest BCUT2D eigenvalue weighted by atomic mass is 9.90. The fourth-order valence-corrected chi connectivity index (χ4v) is 0.910. The summed E-state index contributed by atoms with van der Waals surface area (Å²) in [5.41, 5.74) is 0.318. The minimum absolute atomic E-state index is 0.171. The van der Waals surface area contributed by atoms with Gasteiger partial charge in [0.05, 0.1) is 6.10 Å². The lowest BCUT2D eigenvalue weighted by Crippen LogP contribution is -2.20. The van der Waals surface area contributed by atoms with Crippen molar-refractivity contribution in [1.82, 2.24) is 0 Å². The van der Waals surface area contributed by atoms with Gasteiger partial charge >= 0.3 is 0 Å². The SMILES string of the molecule is C[C@H](CC(C)(C)C)ON. The maximum absolute atomic E-state index is 4.98. The molecule has 0 heterocycles. The van der Waals surface area contributed by atoms with Crippen molar-refractivity contribution in [3.8, 4) is 0 Å². The third-order valence-corrected chi connectivity index (χ3v) is 1.13. The molecule has 0 unspecified atom stereocenters. The molecule has 1 atom stereocenters. The van der Waals surface area contributed by atoms with E-state index in [-0.39, 0.29) is 6.10 Å². The highest BCUT2D eigenvalue weighted by Gasteiger charge is 2.14. The van der Waals surface area contributed by atoms with Crippen LogP contribution in [0.1, 0.15) is 34.1 Å². The van der Waals surface area contributed by atoms with Crippen LogP contribution in [0.2, 0.25) is 0 Å². The van der Waals surface area contributed by atoms with Crippen LogP contribution in [0.3, 0.4) is 0 Å². The summed E-state index contributed by atoms with van der Waals surface area (Å²) in [6.07, 6.45) is 1.17. The molecule has 2 nitrogen and oxygen atoms in total. The van der Waals surface area contributed by atoms with E-state index in [4.69, 9.17) is 5.90 Å². The Kier molecular flexibility index (Phi) is 3.15. The first kappa shape index (κ1) is 8.92. The summed E-state index contributed by atoms with van der Waals surface area (Å²) in [6, 6.07) is 0. The predicted octanol–water partition coefficient (Wildman–Crippen LogP) is 1.70. The second kappa shape index (κ2) is 3.18. The zero-order valence-corrected chi connectivity index (χ0v) is 6.77. The highest BCUT2D eigenvalue weighted by molar-refractivity contribution is 4.64. The van der Waals surface area contributed by atoms with Crippen LogP contribution in [0.4, 0.5) is 0 Å². The summed E-state index contributed by atoms with van der Waals surface area (Å²) in [7, 11) is 0. The molecule has 0 aromatic heterocycles. The summed E-state index contributed by atoms with van der Waals surface area (Å²) in [5, 5.41) is 0. The molecule has 0 aliphatic heterocycles. The van der Waals surface area contributed by atoms with Gasteiger partial charge in [0.1, 0.15) is 0 Å². The molecule has 0 amide bonds. The van der Waals surface area contributed by atoms with Crippen LogP contribution in [0.15, 0.2) is 0 Å². The van der Waals surface area contributed by atoms with Gasteiger partial charge in [-0.05, 0) is 18.8 Å². The van der Waals surface area contributed by atoms with E-state index in [9.17, 15) is 0 Å². The Hall–Kier alpha value is -0.0800. The van der Waals surface area contributed by atoms with Gasteiger partial charge in [0.2, 0.25) is 0 Å². The van der Waals surface area contributed by atoms with E-state index in [0.717, 1.165) is 6.42 Å². The zero-order chi connectivity index (χ0) is 7.49. The molecule has 0 bridgehead atoms. The molecule has 0 saturated carbocycles. The fourth-order valence-electron chi connectivity index (χ4n) is 0.910. The molecule has 0 aliphatic carbocycles. The third kappa shape index (κ3) is 5.80. The molecule has 2 heteroatoms. The molecule has 0 spiro atoms. The molecule has 0 radical (unpaired) electrons. The molecule has 0 aromatic rings. The van der Waals surface area contributed by atoms with E-state index in [2.05, 4.69) is 25.6 Å². The van der Waals surface area contributed by atoms with Crippen molar-refractivity contribution in [3.63, 3.8) is 0 Å². The smallest absolute Gasteiger partial charge is 0.0764 e. The maximum atomic E-state index is 4.98. The zero-order valence-electron chi connectivity index (χ0n) is 6.77. The Morgan fingerprint density at radius 3 is 2.00 bits per heavy atom. The van der Waals surface area contributed by atoms with Crippen LogP contribution in [0.25, 0.3) is 0 Å². The summed E-state index contributed by atoms with van der Waals surface area (Å²) in [4.78, 5) is 4.63. The minimum atomic E-state index is 0.171. The van der Waals surface area contributed by atoms with E-state index < -0.39 is 0 Å². The van der Waals surface area contributed by atoms with Gasteiger partial charge in [-0.15, -0.1) is 0 Å². The first-order valence-electron chi connectivity index (χ1n) is 3.31. The first-order chi connectivity index (χ1) is 3.95. The molecular weight excluding hydrogens is 114 g/mol. The van der Waals surface area contributed by atoms with E-state index in [1.54, 1.807) is 0 Å². The van der Waals surface area contributed by atoms with Crippen molar-refractivity contribution < 1.29 is 4.84 Å². The quantitative estimate of drug-likeness (QED) is 0.579. The average Bonchev–Trinajstić information content (AvgIpc) is 1.62. The van der Waals surface area contributed by atoms with E-state index in [1.165, 1.54) is 0 Å². The monoisotopic (exact) mass is 131 g/mol. The van der Waals surface area contributed by atoms with Crippen LogP contribution in [-0.4, -0.2) is 6.10 Å². The number of nitrogens with two attached hydrogens (primary N) is 1. The Bertz CT molecular complexity index is 75.5. The van der Waals surface area contributed by atoms with Gasteiger partial charge < -0.3 is 4.84 Å². The largest absolute Gasteiger partial charge is 0.302 e. The maximum Gasteiger partial charge on any atom is 0.0764 e. The topological polar surface area (TPSA) is 35.2 Å². The molecule has 0 fully saturated rings. The fraction of sp³-hybridized carbons (Fsp3) is 1.00. The van der Waals surface area contributed by atoms with Crippen LogP contribution in [-0.2, 0) is 4.84 Å². The Balaban J connectivity index is 3.47. The number of hydrogen-bond acceptors (Lipinski definition) is 2. The van der Waals surface area contributed by atoms with Crippen molar-refractivity contribution in [2.75, 3.05) is 0 Å². The van der Waals surface area contributed by atoms with Crippen molar-refractivity contribution in [2.45, 2.75) is 40.2 Å². The van der Waals surface area contributed by atoms with Crippen LogP contribution >= 0.6 is 0 Å². The van der Waals surface area contributed by atoms with E-state index in [1.807, 2.05) is 6.92 Å². The van der Waals surface area contributed by atoms with Crippen molar-refractivity contribution in [1.29, 1.82) is 0 Å². The summed E-state index contributed by atoms with van der Waals surface area (Å²) in [6.45, 7) is 8.48. The molecular formula is C7H17NO. The normalized spacial score (nSPS) is 15.7. The highest BCUT2D eigenvalue weighted by Crippen LogP contribution is 2.20. The van der Waals surface area contributed by atoms with Gasteiger partial charge in [0.15, 0.2) is 0 Å². The summed E-state index contributed by atoms with van der Waals surface area (Å²) in [5.74, 6) is 4.98. The first-order valence-corrected chi connectivity index (χ1v) is 3.31. The molecule has 2 N–H and O–H groups in total. The molecule has 0 rings (SSSR count). The van der Waals surface area contributed by atoms with Crippen molar-refractivity contribution in [2.24, 2.45) is 11.3 Å². The van der Waals surface area contributed by atoms with Crippen molar-refractivity contribution >= 4 is 0 Å². The second-order valence-electron chi connectivity index (χ2n) is 3.71. The molecule has 56 valence electrons. The Morgan fingerprint density at radius 2 is 1.89 bits per heavy atom. The van der Waals surface area contributed by atoms with E-state index >= 15 is 0 Å². The molecule has 0 aliphatic rings.